The first-order chi connectivity index (χ1) is 14.1. The molecule has 0 N–H and O–H groups in total. The van der Waals surface area contributed by atoms with E-state index in [0.717, 1.165) is 35.7 Å². The predicted octanol–water partition coefficient (Wildman–Crippen LogP) is 4.17. The van der Waals surface area contributed by atoms with E-state index in [1.54, 1.807) is 12.1 Å². The van der Waals surface area contributed by atoms with E-state index in [9.17, 15) is 4.79 Å². The smallest absolute Gasteiger partial charge is 0.257 e. The summed E-state index contributed by atoms with van der Waals surface area (Å²) in [6, 6.07) is 16.2. The number of piperidine rings is 1. The molecule has 0 aliphatic carbocycles. The zero-order valence-electron chi connectivity index (χ0n) is 17.3. The summed E-state index contributed by atoms with van der Waals surface area (Å²) in [5, 5.41) is 6.52. The van der Waals surface area contributed by atoms with Gasteiger partial charge in [0.25, 0.3) is 5.91 Å². The van der Waals surface area contributed by atoms with E-state index in [1.165, 1.54) is 24.8 Å². The number of methoxy groups -OCH3 is 1. The molecule has 0 radical (unpaired) electrons. The molecule has 2 heterocycles. The zero-order valence-corrected chi connectivity index (χ0v) is 17.3. The van der Waals surface area contributed by atoms with Crippen LogP contribution in [0.5, 0.6) is 5.75 Å². The Balaban J connectivity index is 1.62. The van der Waals surface area contributed by atoms with Gasteiger partial charge in [-0.05, 0) is 56.1 Å². The second-order valence-electron chi connectivity index (χ2n) is 7.99. The van der Waals surface area contributed by atoms with E-state index in [-0.39, 0.29) is 11.9 Å². The van der Waals surface area contributed by atoms with Crippen molar-refractivity contribution < 1.29 is 9.53 Å². The number of ether oxygens (including phenoxy) is 1. The fourth-order valence-corrected chi connectivity index (χ4v) is 4.23. The minimum atomic E-state index is -0.0992. The molecule has 2 aliphatic heterocycles. The third kappa shape index (κ3) is 4.51. The van der Waals surface area contributed by atoms with Gasteiger partial charge in [-0.3, -0.25) is 9.69 Å². The van der Waals surface area contributed by atoms with Crippen LogP contribution in [0, 0.1) is 6.92 Å². The van der Waals surface area contributed by atoms with Crippen molar-refractivity contribution in [3.05, 3.63) is 65.2 Å². The molecule has 0 aromatic heterocycles. The summed E-state index contributed by atoms with van der Waals surface area (Å²) in [5.74, 6) is 0.873. The van der Waals surface area contributed by atoms with Crippen molar-refractivity contribution in [1.82, 2.24) is 9.91 Å². The Hall–Kier alpha value is -2.66. The first-order valence-corrected chi connectivity index (χ1v) is 10.5. The topological polar surface area (TPSA) is 45.1 Å². The van der Waals surface area contributed by atoms with Gasteiger partial charge in [-0.2, -0.15) is 5.10 Å². The van der Waals surface area contributed by atoms with Crippen LogP contribution in [0.15, 0.2) is 53.6 Å². The van der Waals surface area contributed by atoms with Gasteiger partial charge in [0, 0.05) is 6.42 Å². The van der Waals surface area contributed by atoms with Crippen LogP contribution in [0.2, 0.25) is 0 Å². The molecule has 1 fully saturated rings. The molecular weight excluding hydrogens is 362 g/mol. The molecule has 29 heavy (non-hydrogen) atoms. The molecule has 0 bridgehead atoms. The van der Waals surface area contributed by atoms with Crippen molar-refractivity contribution in [1.29, 1.82) is 0 Å². The number of nitrogens with zero attached hydrogens (tertiary/aromatic N) is 3. The fourth-order valence-electron chi connectivity index (χ4n) is 4.23. The van der Waals surface area contributed by atoms with Gasteiger partial charge in [0.15, 0.2) is 0 Å². The summed E-state index contributed by atoms with van der Waals surface area (Å²) >= 11 is 0. The van der Waals surface area contributed by atoms with Gasteiger partial charge in [-0.1, -0.05) is 48.4 Å². The van der Waals surface area contributed by atoms with E-state index in [1.807, 2.05) is 24.3 Å². The summed E-state index contributed by atoms with van der Waals surface area (Å²) in [7, 11) is 1.67. The largest absolute Gasteiger partial charge is 0.497 e. The van der Waals surface area contributed by atoms with Gasteiger partial charge in [0.2, 0.25) is 0 Å². The lowest BCUT2D eigenvalue weighted by Gasteiger charge is -2.29. The normalized spacial score (nSPS) is 19.9. The van der Waals surface area contributed by atoms with Gasteiger partial charge in [-0.15, -0.1) is 0 Å². The van der Waals surface area contributed by atoms with Crippen LogP contribution in [-0.2, 0) is 4.79 Å². The predicted molar refractivity (Wildman–Crippen MR) is 115 cm³/mol. The van der Waals surface area contributed by atoms with Crippen molar-refractivity contribution in [2.75, 3.05) is 26.7 Å². The van der Waals surface area contributed by atoms with Crippen LogP contribution in [-0.4, -0.2) is 48.3 Å². The van der Waals surface area contributed by atoms with Crippen molar-refractivity contribution in [3.63, 3.8) is 0 Å². The molecule has 0 unspecified atom stereocenters. The first kappa shape index (κ1) is 19.6. The number of hydrogen-bond acceptors (Lipinski definition) is 4. The summed E-state index contributed by atoms with van der Waals surface area (Å²) in [4.78, 5) is 15.5. The Bertz CT molecular complexity index is 903. The van der Waals surface area contributed by atoms with E-state index in [0.29, 0.717) is 13.0 Å². The highest BCUT2D eigenvalue weighted by atomic mass is 16.5. The number of likely N-dealkylation sites (tertiary alicyclic amines) is 1. The third-order valence-electron chi connectivity index (χ3n) is 5.80. The Morgan fingerprint density at radius 3 is 2.66 bits per heavy atom. The highest BCUT2D eigenvalue weighted by Gasteiger charge is 2.34. The fraction of sp³-hybridized carbons (Fsp3) is 0.417. The molecule has 5 heteroatoms. The number of hydrogen-bond donors (Lipinski definition) is 0. The summed E-state index contributed by atoms with van der Waals surface area (Å²) < 4.78 is 5.41. The lowest BCUT2D eigenvalue weighted by molar-refractivity contribution is -0.134. The molecule has 1 atom stereocenters. The number of carbonyl (C=O) groups is 1. The quantitative estimate of drug-likeness (QED) is 0.769. The Kier molecular flexibility index (Phi) is 5.95. The van der Waals surface area contributed by atoms with Gasteiger partial charge >= 0.3 is 0 Å². The van der Waals surface area contributed by atoms with Crippen LogP contribution in [0.3, 0.4) is 0 Å². The maximum atomic E-state index is 13.2. The minimum absolute atomic E-state index is 0.0716. The Labute approximate surface area is 173 Å². The monoisotopic (exact) mass is 391 g/mol. The minimum Gasteiger partial charge on any atom is -0.497 e. The number of hydrazone groups is 1. The van der Waals surface area contributed by atoms with E-state index in [2.05, 4.69) is 36.1 Å². The van der Waals surface area contributed by atoms with E-state index >= 15 is 0 Å². The van der Waals surface area contributed by atoms with Gasteiger partial charge in [-0.25, -0.2) is 5.01 Å². The van der Waals surface area contributed by atoms with Gasteiger partial charge < -0.3 is 4.74 Å². The summed E-state index contributed by atoms with van der Waals surface area (Å²) in [5.41, 5.74) is 4.31. The highest BCUT2D eigenvalue weighted by Crippen LogP contribution is 2.34. The maximum absolute atomic E-state index is 13.2. The molecule has 152 valence electrons. The van der Waals surface area contributed by atoms with Crippen LogP contribution in [0.25, 0.3) is 0 Å². The molecule has 0 saturated carbocycles. The molecular formula is C24H29N3O2. The molecule has 4 rings (SSSR count). The van der Waals surface area contributed by atoms with Crippen molar-refractivity contribution in [2.45, 2.75) is 38.6 Å². The number of amides is 1. The van der Waals surface area contributed by atoms with Crippen LogP contribution in [0.1, 0.15) is 48.4 Å². The molecule has 1 amide bonds. The molecule has 2 aromatic rings. The van der Waals surface area contributed by atoms with Crippen LogP contribution in [0.4, 0.5) is 0 Å². The number of benzene rings is 2. The maximum Gasteiger partial charge on any atom is 0.257 e. The lowest BCUT2D eigenvalue weighted by Crippen LogP contribution is -2.40. The average molecular weight is 392 g/mol. The summed E-state index contributed by atoms with van der Waals surface area (Å²) in [6.07, 6.45) is 4.31. The molecule has 2 aromatic carbocycles. The second kappa shape index (κ2) is 8.78. The molecule has 0 spiro atoms. The highest BCUT2D eigenvalue weighted by molar-refractivity contribution is 6.03. The molecule has 1 saturated heterocycles. The Morgan fingerprint density at radius 1 is 1.10 bits per heavy atom. The molecule has 2 aliphatic rings. The van der Waals surface area contributed by atoms with E-state index < -0.39 is 0 Å². The summed E-state index contributed by atoms with van der Waals surface area (Å²) in [6.45, 7) is 4.51. The SMILES string of the molecule is COc1cccc([C@@H]2CC(c3cccc(C)c3)=NN2C(=O)CN2CCCCC2)c1. The number of aryl methyl sites for hydroxylation is 1. The number of carbonyl (C=O) groups excluding carboxylic acids is 1. The average Bonchev–Trinajstić information content (AvgIpc) is 3.20. The third-order valence-corrected chi connectivity index (χ3v) is 5.80. The van der Waals surface area contributed by atoms with Gasteiger partial charge in [0.1, 0.15) is 5.75 Å². The van der Waals surface area contributed by atoms with Crippen molar-refractivity contribution >= 4 is 11.6 Å². The first-order valence-electron chi connectivity index (χ1n) is 10.5. The van der Waals surface area contributed by atoms with Crippen molar-refractivity contribution in [2.24, 2.45) is 5.10 Å². The van der Waals surface area contributed by atoms with Gasteiger partial charge in [0.05, 0.1) is 25.4 Å². The lowest BCUT2D eigenvalue weighted by atomic mass is 9.97. The number of rotatable bonds is 5. The van der Waals surface area contributed by atoms with Crippen molar-refractivity contribution in [3.8, 4) is 5.75 Å². The Morgan fingerprint density at radius 2 is 1.90 bits per heavy atom. The zero-order chi connectivity index (χ0) is 20.2. The van der Waals surface area contributed by atoms with Crippen LogP contribution >= 0.6 is 0 Å². The van der Waals surface area contributed by atoms with E-state index in [4.69, 9.17) is 9.84 Å². The molecule has 5 nitrogen and oxygen atoms in total. The standard InChI is InChI=1S/C24H29N3O2/c1-18-8-6-9-19(14-18)22-16-23(20-10-7-11-21(15-20)29-2)27(25-22)24(28)17-26-12-4-3-5-13-26/h6-11,14-15,23H,3-5,12-13,16-17H2,1-2H3/t23-/m0/s1. The van der Waals surface area contributed by atoms with Crippen LogP contribution < -0.4 is 4.74 Å². The second-order valence-corrected chi connectivity index (χ2v) is 7.99.